The lowest BCUT2D eigenvalue weighted by atomic mass is 9.89. The summed E-state index contributed by atoms with van der Waals surface area (Å²) in [5.41, 5.74) is 3.21. The first-order valence-corrected chi connectivity index (χ1v) is 9.63. The van der Waals surface area contributed by atoms with Crippen molar-refractivity contribution in [3.63, 3.8) is 0 Å². The van der Waals surface area contributed by atoms with Gasteiger partial charge in [0.05, 0.1) is 26.7 Å². The molecular formula is C24H22O5. The Morgan fingerprint density at radius 3 is 2.52 bits per heavy atom. The van der Waals surface area contributed by atoms with E-state index in [-0.39, 0.29) is 12.0 Å². The van der Waals surface area contributed by atoms with E-state index in [2.05, 4.69) is 0 Å². The van der Waals surface area contributed by atoms with E-state index in [9.17, 15) is 0 Å². The normalized spacial score (nSPS) is 18.6. The van der Waals surface area contributed by atoms with Crippen molar-refractivity contribution in [2.75, 3.05) is 20.8 Å². The summed E-state index contributed by atoms with van der Waals surface area (Å²) in [5.74, 6) is 3.88. The van der Waals surface area contributed by atoms with Gasteiger partial charge in [-0.15, -0.1) is 0 Å². The summed E-state index contributed by atoms with van der Waals surface area (Å²) in [6, 6.07) is 19.9. The number of benzene rings is 3. The maximum Gasteiger partial charge on any atom is 0.165 e. The molecule has 0 aliphatic carbocycles. The zero-order valence-corrected chi connectivity index (χ0v) is 16.4. The quantitative estimate of drug-likeness (QED) is 0.621. The second-order valence-electron chi connectivity index (χ2n) is 7.17. The van der Waals surface area contributed by atoms with E-state index in [1.165, 1.54) is 0 Å². The van der Waals surface area contributed by atoms with Crippen LogP contribution in [0, 0.1) is 0 Å². The van der Waals surface area contributed by atoms with Gasteiger partial charge < -0.3 is 23.7 Å². The first kappa shape index (κ1) is 17.7. The summed E-state index contributed by atoms with van der Waals surface area (Å²) in [6.45, 7) is 1.01. The first-order chi connectivity index (χ1) is 14.3. The van der Waals surface area contributed by atoms with Gasteiger partial charge in [0.1, 0.15) is 30.0 Å². The fourth-order valence-electron chi connectivity index (χ4n) is 3.98. The summed E-state index contributed by atoms with van der Waals surface area (Å²) >= 11 is 0. The van der Waals surface area contributed by atoms with Crippen molar-refractivity contribution in [2.24, 2.45) is 0 Å². The molecule has 2 aliphatic heterocycles. The third kappa shape index (κ3) is 3.12. The molecule has 5 rings (SSSR count). The number of rotatable bonds is 5. The van der Waals surface area contributed by atoms with Crippen LogP contribution in [0.1, 0.15) is 28.7 Å². The van der Waals surface area contributed by atoms with E-state index in [1.54, 1.807) is 14.2 Å². The zero-order chi connectivity index (χ0) is 19.8. The van der Waals surface area contributed by atoms with E-state index < -0.39 is 0 Å². The maximum absolute atomic E-state index is 6.35. The Hall–Kier alpha value is -3.34. The van der Waals surface area contributed by atoms with E-state index in [4.69, 9.17) is 23.7 Å². The second-order valence-corrected chi connectivity index (χ2v) is 7.17. The second kappa shape index (κ2) is 7.24. The molecule has 3 aromatic rings. The maximum atomic E-state index is 6.35. The van der Waals surface area contributed by atoms with Gasteiger partial charge in [-0.1, -0.05) is 30.3 Å². The molecular weight excluding hydrogens is 368 g/mol. The molecule has 2 atom stereocenters. The predicted molar refractivity (Wildman–Crippen MR) is 108 cm³/mol. The molecule has 29 heavy (non-hydrogen) atoms. The van der Waals surface area contributed by atoms with Crippen molar-refractivity contribution in [3.8, 4) is 28.7 Å². The molecule has 0 aromatic heterocycles. The standard InChI is InChI=1S/C24H22O5/c1-25-16-8-9-17-20(10-16)28-14-19-18-11-22(26-2)23(12-21(18)29-24(17)19)27-13-15-6-4-3-5-7-15/h3-12,19,24H,13-14H2,1-2H3/t19?,24-/m1/s1. The fraction of sp³-hybridized carbons (Fsp3) is 0.250. The van der Waals surface area contributed by atoms with Crippen LogP contribution in [0.3, 0.4) is 0 Å². The Kier molecular flexibility index (Phi) is 4.43. The van der Waals surface area contributed by atoms with Crippen LogP contribution in [-0.4, -0.2) is 20.8 Å². The van der Waals surface area contributed by atoms with Crippen LogP contribution in [0.5, 0.6) is 28.7 Å². The predicted octanol–water partition coefficient (Wildman–Crippen LogP) is 4.89. The number of ether oxygens (including phenoxy) is 5. The average Bonchev–Trinajstić information content (AvgIpc) is 3.15. The summed E-state index contributed by atoms with van der Waals surface area (Å²) in [5, 5.41) is 0. The number of hydrogen-bond acceptors (Lipinski definition) is 5. The van der Waals surface area contributed by atoms with Crippen molar-refractivity contribution in [1.82, 2.24) is 0 Å². The largest absolute Gasteiger partial charge is 0.497 e. The molecule has 2 aliphatic rings. The molecule has 0 spiro atoms. The molecule has 0 radical (unpaired) electrons. The van der Waals surface area contributed by atoms with Crippen molar-refractivity contribution < 1.29 is 23.7 Å². The van der Waals surface area contributed by atoms with Gasteiger partial charge in [-0.2, -0.15) is 0 Å². The number of hydrogen-bond donors (Lipinski definition) is 0. The lowest BCUT2D eigenvalue weighted by molar-refractivity contribution is 0.139. The highest BCUT2D eigenvalue weighted by Gasteiger charge is 2.41. The van der Waals surface area contributed by atoms with Crippen LogP contribution in [0.2, 0.25) is 0 Å². The third-order valence-corrected chi connectivity index (χ3v) is 5.50. The highest BCUT2D eigenvalue weighted by molar-refractivity contribution is 5.57. The van der Waals surface area contributed by atoms with Gasteiger partial charge in [0, 0.05) is 23.3 Å². The Morgan fingerprint density at radius 1 is 0.862 bits per heavy atom. The molecule has 0 N–H and O–H groups in total. The Balaban J connectivity index is 1.44. The van der Waals surface area contributed by atoms with Gasteiger partial charge in [-0.25, -0.2) is 0 Å². The molecule has 3 aromatic carbocycles. The summed E-state index contributed by atoms with van der Waals surface area (Å²) in [4.78, 5) is 0. The van der Waals surface area contributed by atoms with Crippen LogP contribution in [0.15, 0.2) is 60.7 Å². The number of fused-ring (bicyclic) bond motifs is 5. The topological polar surface area (TPSA) is 46.2 Å². The van der Waals surface area contributed by atoms with E-state index >= 15 is 0 Å². The molecule has 0 bridgehead atoms. The van der Waals surface area contributed by atoms with Gasteiger partial charge in [0.25, 0.3) is 0 Å². The molecule has 0 saturated heterocycles. The summed E-state index contributed by atoms with van der Waals surface area (Å²) in [7, 11) is 3.31. The zero-order valence-electron chi connectivity index (χ0n) is 16.4. The minimum atomic E-state index is -0.0891. The smallest absolute Gasteiger partial charge is 0.165 e. The van der Waals surface area contributed by atoms with E-state index in [1.807, 2.05) is 60.7 Å². The lowest BCUT2D eigenvalue weighted by Gasteiger charge is -2.28. The fourth-order valence-corrected chi connectivity index (χ4v) is 3.98. The van der Waals surface area contributed by atoms with Crippen molar-refractivity contribution >= 4 is 0 Å². The monoisotopic (exact) mass is 390 g/mol. The number of methoxy groups -OCH3 is 2. The SMILES string of the molecule is COc1ccc2c(c1)OCC1c3cc(OC)c(OCc4ccccc4)cc3O[C@H]21. The molecule has 2 heterocycles. The molecule has 5 nitrogen and oxygen atoms in total. The van der Waals surface area contributed by atoms with E-state index in [0.717, 1.165) is 33.9 Å². The Morgan fingerprint density at radius 2 is 1.72 bits per heavy atom. The van der Waals surface area contributed by atoms with Gasteiger partial charge >= 0.3 is 0 Å². The van der Waals surface area contributed by atoms with Crippen molar-refractivity contribution in [2.45, 2.75) is 18.6 Å². The Bertz CT molecular complexity index is 1030. The molecule has 0 fully saturated rings. The van der Waals surface area contributed by atoms with Crippen LogP contribution in [0.4, 0.5) is 0 Å². The Labute approximate surface area is 169 Å². The molecule has 148 valence electrons. The molecule has 5 heteroatoms. The van der Waals surface area contributed by atoms with Gasteiger partial charge in [-0.05, 0) is 23.8 Å². The van der Waals surface area contributed by atoms with Crippen molar-refractivity contribution in [3.05, 3.63) is 77.4 Å². The summed E-state index contributed by atoms with van der Waals surface area (Å²) < 4.78 is 29.3. The molecule has 1 unspecified atom stereocenters. The van der Waals surface area contributed by atoms with Crippen molar-refractivity contribution in [1.29, 1.82) is 0 Å². The highest BCUT2D eigenvalue weighted by Crippen LogP contribution is 2.53. The molecule has 0 saturated carbocycles. The van der Waals surface area contributed by atoms with Crippen LogP contribution >= 0.6 is 0 Å². The van der Waals surface area contributed by atoms with Gasteiger partial charge in [0.2, 0.25) is 0 Å². The van der Waals surface area contributed by atoms with Gasteiger partial charge in [0.15, 0.2) is 11.5 Å². The third-order valence-electron chi connectivity index (χ3n) is 5.50. The van der Waals surface area contributed by atoms with Crippen LogP contribution in [-0.2, 0) is 6.61 Å². The van der Waals surface area contributed by atoms with Crippen LogP contribution in [0.25, 0.3) is 0 Å². The summed E-state index contributed by atoms with van der Waals surface area (Å²) in [6.07, 6.45) is -0.0891. The first-order valence-electron chi connectivity index (χ1n) is 9.63. The highest BCUT2D eigenvalue weighted by atomic mass is 16.5. The lowest BCUT2D eigenvalue weighted by Crippen LogP contribution is -2.23. The van der Waals surface area contributed by atoms with Crippen LogP contribution < -0.4 is 23.7 Å². The minimum Gasteiger partial charge on any atom is -0.497 e. The van der Waals surface area contributed by atoms with E-state index in [0.29, 0.717) is 24.7 Å². The van der Waals surface area contributed by atoms with Gasteiger partial charge in [-0.3, -0.25) is 0 Å². The average molecular weight is 390 g/mol. The molecule has 0 amide bonds. The minimum absolute atomic E-state index is 0.0891.